The number of methoxy groups -OCH3 is 2. The van der Waals surface area contributed by atoms with Gasteiger partial charge in [0.2, 0.25) is 0 Å². The molecular weight excluding hydrogens is 514 g/mol. The molecule has 0 aromatic rings. The smallest absolute Gasteiger partial charge is 0.411 e. The Hall–Kier alpha value is -4.75. The molecule has 0 saturated heterocycles. The summed E-state index contributed by atoms with van der Waals surface area (Å²) in [6.07, 6.45) is 3.09. The van der Waals surface area contributed by atoms with Crippen LogP contribution in [0.2, 0.25) is 0 Å². The number of ketones is 4. The summed E-state index contributed by atoms with van der Waals surface area (Å²) in [6.45, 7) is 6.83. The van der Waals surface area contributed by atoms with Crippen molar-refractivity contribution in [3.63, 3.8) is 0 Å². The maximum absolute atomic E-state index is 12.9. The zero-order valence-corrected chi connectivity index (χ0v) is 21.5. The van der Waals surface area contributed by atoms with E-state index < -0.39 is 64.8 Å². The monoisotopic (exact) mass is 543 g/mol. The largest absolute Gasteiger partial charge is 0.453 e. The van der Waals surface area contributed by atoms with Crippen molar-refractivity contribution in [1.29, 1.82) is 5.41 Å². The second-order valence-corrected chi connectivity index (χ2v) is 8.78. The van der Waals surface area contributed by atoms with Gasteiger partial charge in [-0.05, 0) is 57.0 Å². The lowest BCUT2D eigenvalue weighted by Gasteiger charge is -2.42. The van der Waals surface area contributed by atoms with E-state index in [0.29, 0.717) is 6.40 Å². The quantitative estimate of drug-likeness (QED) is 0.124. The highest BCUT2D eigenvalue weighted by molar-refractivity contribution is 6.27. The van der Waals surface area contributed by atoms with Crippen LogP contribution in [0.3, 0.4) is 0 Å². The molecule has 0 bridgehead atoms. The van der Waals surface area contributed by atoms with Gasteiger partial charge >= 0.3 is 12.2 Å². The van der Waals surface area contributed by atoms with Crippen molar-refractivity contribution < 1.29 is 43.0 Å². The Morgan fingerprint density at radius 1 is 0.923 bits per heavy atom. The van der Waals surface area contributed by atoms with Gasteiger partial charge in [-0.3, -0.25) is 39.9 Å². The second kappa shape index (κ2) is 12.7. The fourth-order valence-electron chi connectivity index (χ4n) is 4.57. The minimum Gasteiger partial charge on any atom is -0.453 e. The highest BCUT2D eigenvalue weighted by atomic mass is 16.5. The van der Waals surface area contributed by atoms with Gasteiger partial charge in [0.15, 0.2) is 40.6 Å². The number of hydrogen-bond donors (Lipinski definition) is 3. The standard InChI is InChI=1S/C25H29N5O9/c1-27-24(17(31)7-8-18(24)32)13-23(30-22(36)38-4,14-25(28-2)19(33)9-10-20(25)34)11-5-6-16(12-39-15-26)29-21(35)37-3/h7-10,12,15,26H,1-2,5-6,11,13-14H2,3-4H3,(H,29,35)(H,30,36)/b16-12-,26-15?. The van der Waals surface area contributed by atoms with E-state index in [1.54, 1.807) is 0 Å². The fraction of sp³-hybridized carbons (Fsp3) is 0.400. The lowest BCUT2D eigenvalue weighted by Crippen LogP contribution is -2.60. The number of ether oxygens (including phenoxy) is 3. The van der Waals surface area contributed by atoms with Crippen LogP contribution in [0.15, 0.2) is 46.2 Å². The summed E-state index contributed by atoms with van der Waals surface area (Å²) >= 11 is 0. The van der Waals surface area contributed by atoms with E-state index in [1.807, 2.05) is 0 Å². The van der Waals surface area contributed by atoms with Crippen molar-refractivity contribution >= 4 is 55.2 Å². The predicted octanol–water partition coefficient (Wildman–Crippen LogP) is 1.15. The summed E-state index contributed by atoms with van der Waals surface area (Å²) < 4.78 is 14.2. The van der Waals surface area contributed by atoms with Crippen LogP contribution in [0.5, 0.6) is 0 Å². The maximum atomic E-state index is 12.9. The molecular formula is C25H29N5O9. The van der Waals surface area contributed by atoms with E-state index in [4.69, 9.17) is 14.9 Å². The van der Waals surface area contributed by atoms with Crippen LogP contribution in [-0.2, 0) is 33.4 Å². The van der Waals surface area contributed by atoms with Gasteiger partial charge in [0.25, 0.3) is 0 Å². The van der Waals surface area contributed by atoms with Gasteiger partial charge in [-0.15, -0.1) is 0 Å². The summed E-state index contributed by atoms with van der Waals surface area (Å²) in [5.41, 5.74) is -5.61. The minimum absolute atomic E-state index is 0.0524. The van der Waals surface area contributed by atoms with Crippen LogP contribution in [0.1, 0.15) is 32.1 Å². The third-order valence-corrected chi connectivity index (χ3v) is 6.51. The van der Waals surface area contributed by atoms with Crippen molar-refractivity contribution in [1.82, 2.24) is 10.6 Å². The molecule has 0 radical (unpaired) electrons. The first-order valence-corrected chi connectivity index (χ1v) is 11.5. The van der Waals surface area contributed by atoms with Gasteiger partial charge in [0.1, 0.15) is 6.26 Å². The predicted molar refractivity (Wildman–Crippen MR) is 138 cm³/mol. The number of nitrogens with one attached hydrogen (secondary N) is 3. The number of aliphatic imine (C=N–C) groups is 2. The zero-order valence-electron chi connectivity index (χ0n) is 21.5. The van der Waals surface area contributed by atoms with E-state index in [9.17, 15) is 28.8 Å². The Bertz CT molecular complexity index is 1090. The normalized spacial score (nSPS) is 17.5. The van der Waals surface area contributed by atoms with Crippen LogP contribution in [0.25, 0.3) is 0 Å². The first-order chi connectivity index (χ1) is 18.5. The van der Waals surface area contributed by atoms with Gasteiger partial charge < -0.3 is 19.5 Å². The molecule has 0 spiro atoms. The number of alkyl carbamates (subject to hydrolysis) is 2. The Morgan fingerprint density at radius 2 is 1.38 bits per heavy atom. The number of carbonyl (C=O) groups is 6. The van der Waals surface area contributed by atoms with Crippen LogP contribution >= 0.6 is 0 Å². The summed E-state index contributed by atoms with van der Waals surface area (Å²) in [4.78, 5) is 83.4. The molecule has 39 heavy (non-hydrogen) atoms. The van der Waals surface area contributed by atoms with Crippen LogP contribution < -0.4 is 10.6 Å². The van der Waals surface area contributed by atoms with Crippen molar-refractivity contribution in [2.75, 3.05) is 14.2 Å². The molecule has 0 unspecified atom stereocenters. The number of hydrogen-bond acceptors (Lipinski definition) is 12. The van der Waals surface area contributed by atoms with E-state index >= 15 is 0 Å². The first kappa shape index (κ1) is 30.5. The molecule has 0 heterocycles. The van der Waals surface area contributed by atoms with Crippen LogP contribution in [0.4, 0.5) is 9.59 Å². The summed E-state index contributed by atoms with van der Waals surface area (Å²) in [6, 6.07) is 0. The molecule has 2 amide bonds. The number of nitrogens with zero attached hydrogens (tertiary/aromatic N) is 2. The Labute approximate surface area is 223 Å². The van der Waals surface area contributed by atoms with Crippen molar-refractivity contribution in [3.05, 3.63) is 36.3 Å². The Balaban J connectivity index is 2.58. The molecule has 3 N–H and O–H groups in total. The van der Waals surface area contributed by atoms with Gasteiger partial charge in [0, 0.05) is 18.4 Å². The topological polar surface area (TPSA) is 203 Å². The van der Waals surface area contributed by atoms with Crippen LogP contribution in [-0.4, -0.2) is 86.0 Å². The Morgan fingerprint density at radius 3 is 1.77 bits per heavy atom. The van der Waals surface area contributed by atoms with Crippen molar-refractivity contribution in [3.8, 4) is 0 Å². The first-order valence-electron chi connectivity index (χ1n) is 11.5. The number of carbonyl (C=O) groups excluding carboxylic acids is 6. The lowest BCUT2D eigenvalue weighted by atomic mass is 9.69. The molecule has 0 aromatic carbocycles. The SMILES string of the molecule is C=NC1(CC(CCC/C(=C/OC=N)NC(=O)OC)(CC2(N=C)C(=O)C=CC2=O)NC(=O)OC)C(=O)C=CC1=O. The molecule has 0 aromatic heterocycles. The second-order valence-electron chi connectivity index (χ2n) is 8.78. The molecule has 0 saturated carbocycles. The molecule has 208 valence electrons. The van der Waals surface area contributed by atoms with Crippen LogP contribution in [0, 0.1) is 5.41 Å². The van der Waals surface area contributed by atoms with Crippen molar-refractivity contribution in [2.24, 2.45) is 9.98 Å². The zero-order chi connectivity index (χ0) is 29.3. The highest BCUT2D eigenvalue weighted by Gasteiger charge is 2.57. The van der Waals surface area contributed by atoms with Gasteiger partial charge in [-0.25, -0.2) is 9.59 Å². The molecule has 14 heteroatoms. The average molecular weight is 544 g/mol. The van der Waals surface area contributed by atoms with Gasteiger partial charge in [-0.2, -0.15) is 0 Å². The molecule has 2 aliphatic carbocycles. The highest BCUT2D eigenvalue weighted by Crippen LogP contribution is 2.41. The van der Waals surface area contributed by atoms with Crippen molar-refractivity contribution in [2.45, 2.75) is 48.7 Å². The number of amides is 2. The summed E-state index contributed by atoms with van der Waals surface area (Å²) in [7, 11) is 2.23. The van der Waals surface area contributed by atoms with E-state index in [1.165, 1.54) is 0 Å². The minimum atomic E-state index is -2.05. The molecule has 0 aliphatic heterocycles. The summed E-state index contributed by atoms with van der Waals surface area (Å²) in [5.74, 6) is -2.80. The molecule has 2 aliphatic rings. The molecule has 0 fully saturated rings. The van der Waals surface area contributed by atoms with E-state index in [-0.39, 0.29) is 25.0 Å². The molecule has 14 nitrogen and oxygen atoms in total. The Kier molecular flexibility index (Phi) is 9.90. The number of rotatable bonds is 14. The fourth-order valence-corrected chi connectivity index (χ4v) is 4.57. The van der Waals surface area contributed by atoms with Gasteiger partial charge in [-0.1, -0.05) is 0 Å². The van der Waals surface area contributed by atoms with E-state index in [0.717, 1.165) is 44.8 Å². The maximum Gasteiger partial charge on any atom is 0.411 e. The molecule has 2 rings (SSSR count). The lowest BCUT2D eigenvalue weighted by molar-refractivity contribution is -0.129. The average Bonchev–Trinajstić information content (AvgIpc) is 3.36. The third kappa shape index (κ3) is 6.40. The summed E-state index contributed by atoms with van der Waals surface area (Å²) in [5, 5.41) is 12.1. The van der Waals surface area contributed by atoms with E-state index in [2.05, 4.69) is 38.8 Å². The molecule has 0 atom stereocenters. The van der Waals surface area contributed by atoms with Gasteiger partial charge in [0.05, 0.1) is 19.9 Å². The number of allylic oxidation sites excluding steroid dienone is 1. The third-order valence-electron chi connectivity index (χ3n) is 6.51.